The Morgan fingerprint density at radius 3 is 2.89 bits per heavy atom. The van der Waals surface area contributed by atoms with E-state index in [1.807, 2.05) is 0 Å². The van der Waals surface area contributed by atoms with E-state index < -0.39 is 0 Å². The number of hydrogen-bond acceptors (Lipinski definition) is 3. The molecule has 0 spiro atoms. The molecule has 0 bridgehead atoms. The number of carbonyl (C=O) groups is 1. The molecule has 0 aliphatic rings. The number of ether oxygens (including phenoxy) is 1. The summed E-state index contributed by atoms with van der Waals surface area (Å²) in [5.41, 5.74) is 6.24. The minimum atomic E-state index is -0.0961. The number of anilines is 1. The first-order valence-electron chi connectivity index (χ1n) is 6.33. The molecule has 0 unspecified atom stereocenters. The highest BCUT2D eigenvalue weighted by molar-refractivity contribution is 5.77. The molecule has 4 heteroatoms. The van der Waals surface area contributed by atoms with Crippen LogP contribution in [0.1, 0.15) is 26.7 Å². The first-order valence-corrected chi connectivity index (χ1v) is 6.33. The fourth-order valence-electron chi connectivity index (χ4n) is 1.54. The van der Waals surface area contributed by atoms with Crippen LogP contribution in [0.15, 0.2) is 24.3 Å². The van der Waals surface area contributed by atoms with E-state index in [0.717, 1.165) is 12.8 Å². The fourth-order valence-corrected chi connectivity index (χ4v) is 1.54. The normalized spacial score (nSPS) is 10.4. The van der Waals surface area contributed by atoms with Crippen LogP contribution in [0.2, 0.25) is 0 Å². The predicted molar refractivity (Wildman–Crippen MR) is 73.4 cm³/mol. The minimum Gasteiger partial charge on any atom is -0.484 e. The van der Waals surface area contributed by atoms with Crippen LogP contribution in [0.4, 0.5) is 5.69 Å². The molecule has 0 saturated carbocycles. The van der Waals surface area contributed by atoms with Crippen LogP contribution >= 0.6 is 0 Å². The Morgan fingerprint density at radius 1 is 1.44 bits per heavy atom. The summed E-state index contributed by atoms with van der Waals surface area (Å²) in [5, 5.41) is 2.83. The Balaban J connectivity index is 2.17. The Labute approximate surface area is 109 Å². The van der Waals surface area contributed by atoms with Gasteiger partial charge in [-0.25, -0.2) is 0 Å². The van der Waals surface area contributed by atoms with Crippen molar-refractivity contribution in [2.75, 3.05) is 18.9 Å². The number of rotatable bonds is 7. The number of nitrogens with two attached hydrogens (primary N) is 1. The standard InChI is InChI=1S/C14H22N2O2/c1-11(2)5-4-8-16-14(17)10-18-13-7-3-6-12(15)9-13/h3,6-7,9,11H,4-5,8,10,15H2,1-2H3,(H,16,17). The number of nitrogens with one attached hydrogen (secondary N) is 1. The van der Waals surface area contributed by atoms with Crippen molar-refractivity contribution in [1.82, 2.24) is 5.32 Å². The smallest absolute Gasteiger partial charge is 0.257 e. The highest BCUT2D eigenvalue weighted by Crippen LogP contribution is 2.13. The molecule has 1 amide bonds. The zero-order valence-electron chi connectivity index (χ0n) is 11.1. The number of nitrogen functional groups attached to an aromatic ring is 1. The zero-order valence-corrected chi connectivity index (χ0v) is 11.1. The summed E-state index contributed by atoms with van der Waals surface area (Å²) >= 11 is 0. The average molecular weight is 250 g/mol. The van der Waals surface area contributed by atoms with Crippen LogP contribution in [0.5, 0.6) is 5.75 Å². The van der Waals surface area contributed by atoms with E-state index in [1.165, 1.54) is 0 Å². The van der Waals surface area contributed by atoms with E-state index in [2.05, 4.69) is 19.2 Å². The van der Waals surface area contributed by atoms with E-state index in [4.69, 9.17) is 10.5 Å². The van der Waals surface area contributed by atoms with Gasteiger partial charge in [-0.05, 0) is 30.9 Å². The Kier molecular flexibility index (Phi) is 6.05. The maximum Gasteiger partial charge on any atom is 0.257 e. The second-order valence-electron chi connectivity index (χ2n) is 4.75. The van der Waals surface area contributed by atoms with E-state index in [9.17, 15) is 4.79 Å². The summed E-state index contributed by atoms with van der Waals surface area (Å²) in [4.78, 5) is 11.5. The van der Waals surface area contributed by atoms with Gasteiger partial charge in [-0.15, -0.1) is 0 Å². The maximum absolute atomic E-state index is 11.5. The van der Waals surface area contributed by atoms with Gasteiger partial charge in [-0.3, -0.25) is 4.79 Å². The van der Waals surface area contributed by atoms with Crippen molar-refractivity contribution in [2.45, 2.75) is 26.7 Å². The van der Waals surface area contributed by atoms with Gasteiger partial charge < -0.3 is 15.8 Å². The molecule has 1 aromatic carbocycles. The van der Waals surface area contributed by atoms with Gasteiger partial charge in [0.1, 0.15) is 5.75 Å². The zero-order chi connectivity index (χ0) is 13.4. The molecule has 0 fully saturated rings. The molecule has 0 heterocycles. The molecule has 0 radical (unpaired) electrons. The van der Waals surface area contributed by atoms with Crippen molar-refractivity contribution in [1.29, 1.82) is 0 Å². The van der Waals surface area contributed by atoms with Crippen molar-refractivity contribution < 1.29 is 9.53 Å². The first-order chi connectivity index (χ1) is 8.58. The number of benzene rings is 1. The Bertz CT molecular complexity index is 378. The molecule has 0 aliphatic carbocycles. The second kappa shape index (κ2) is 7.58. The molecule has 18 heavy (non-hydrogen) atoms. The summed E-state index contributed by atoms with van der Waals surface area (Å²) in [6.07, 6.45) is 2.12. The van der Waals surface area contributed by atoms with Gasteiger partial charge in [0, 0.05) is 18.3 Å². The Hall–Kier alpha value is -1.71. The summed E-state index contributed by atoms with van der Waals surface area (Å²) in [6, 6.07) is 7.05. The van der Waals surface area contributed by atoms with Gasteiger partial charge in [-0.1, -0.05) is 19.9 Å². The molecule has 1 rings (SSSR count). The van der Waals surface area contributed by atoms with Crippen molar-refractivity contribution in [3.05, 3.63) is 24.3 Å². The summed E-state index contributed by atoms with van der Waals surface area (Å²) in [6.45, 7) is 5.08. The summed E-state index contributed by atoms with van der Waals surface area (Å²) in [7, 11) is 0. The third kappa shape index (κ3) is 6.13. The highest BCUT2D eigenvalue weighted by Gasteiger charge is 2.02. The summed E-state index contributed by atoms with van der Waals surface area (Å²) in [5.74, 6) is 1.19. The third-order valence-electron chi connectivity index (χ3n) is 2.51. The first kappa shape index (κ1) is 14.4. The van der Waals surface area contributed by atoms with Crippen LogP contribution in [-0.2, 0) is 4.79 Å². The molecular formula is C14H22N2O2. The van der Waals surface area contributed by atoms with E-state index in [-0.39, 0.29) is 12.5 Å². The topological polar surface area (TPSA) is 64.3 Å². The lowest BCUT2D eigenvalue weighted by atomic mass is 10.1. The van der Waals surface area contributed by atoms with Crippen LogP contribution in [-0.4, -0.2) is 19.1 Å². The number of amides is 1. The van der Waals surface area contributed by atoms with Gasteiger partial charge in [0.05, 0.1) is 0 Å². The lowest BCUT2D eigenvalue weighted by Gasteiger charge is -2.08. The second-order valence-corrected chi connectivity index (χ2v) is 4.75. The van der Waals surface area contributed by atoms with Gasteiger partial charge in [0.15, 0.2) is 6.61 Å². The van der Waals surface area contributed by atoms with E-state index >= 15 is 0 Å². The third-order valence-corrected chi connectivity index (χ3v) is 2.51. The SMILES string of the molecule is CC(C)CCCNC(=O)COc1cccc(N)c1. The molecule has 3 N–H and O–H groups in total. The molecule has 0 atom stereocenters. The van der Waals surface area contributed by atoms with Gasteiger partial charge >= 0.3 is 0 Å². The van der Waals surface area contributed by atoms with Crippen LogP contribution in [0.3, 0.4) is 0 Å². The monoisotopic (exact) mass is 250 g/mol. The molecule has 0 aromatic heterocycles. The Morgan fingerprint density at radius 2 is 2.22 bits per heavy atom. The fraction of sp³-hybridized carbons (Fsp3) is 0.500. The van der Waals surface area contributed by atoms with Crippen LogP contribution in [0.25, 0.3) is 0 Å². The minimum absolute atomic E-state index is 0.0329. The molecular weight excluding hydrogens is 228 g/mol. The summed E-state index contributed by atoms with van der Waals surface area (Å²) < 4.78 is 5.33. The number of carbonyl (C=O) groups excluding carboxylic acids is 1. The van der Waals surface area contributed by atoms with Crippen molar-refractivity contribution in [3.8, 4) is 5.75 Å². The van der Waals surface area contributed by atoms with Crippen molar-refractivity contribution in [2.24, 2.45) is 5.92 Å². The predicted octanol–water partition coefficient (Wildman–Crippen LogP) is 2.20. The van der Waals surface area contributed by atoms with Gasteiger partial charge in [0.2, 0.25) is 0 Å². The van der Waals surface area contributed by atoms with E-state index in [1.54, 1.807) is 24.3 Å². The lowest BCUT2D eigenvalue weighted by molar-refractivity contribution is -0.123. The lowest BCUT2D eigenvalue weighted by Crippen LogP contribution is -2.29. The number of hydrogen-bond donors (Lipinski definition) is 2. The van der Waals surface area contributed by atoms with Crippen molar-refractivity contribution in [3.63, 3.8) is 0 Å². The maximum atomic E-state index is 11.5. The molecule has 4 nitrogen and oxygen atoms in total. The van der Waals surface area contributed by atoms with Crippen LogP contribution in [0, 0.1) is 5.92 Å². The highest BCUT2D eigenvalue weighted by atomic mass is 16.5. The molecule has 0 saturated heterocycles. The molecule has 1 aromatic rings. The van der Waals surface area contributed by atoms with Crippen LogP contribution < -0.4 is 15.8 Å². The molecule has 100 valence electrons. The van der Waals surface area contributed by atoms with Crippen molar-refractivity contribution >= 4 is 11.6 Å². The average Bonchev–Trinajstić information content (AvgIpc) is 2.32. The largest absolute Gasteiger partial charge is 0.484 e. The molecule has 0 aliphatic heterocycles. The van der Waals surface area contributed by atoms with Gasteiger partial charge in [-0.2, -0.15) is 0 Å². The van der Waals surface area contributed by atoms with Gasteiger partial charge in [0.25, 0.3) is 5.91 Å². The van der Waals surface area contributed by atoms with E-state index in [0.29, 0.717) is 23.9 Å². The quantitative estimate of drug-likeness (QED) is 0.576.